The highest BCUT2D eigenvalue weighted by Gasteiger charge is 2.29. The number of hydrogen-bond acceptors (Lipinski definition) is 5. The zero-order valence-corrected chi connectivity index (χ0v) is 13.3. The lowest BCUT2D eigenvalue weighted by Gasteiger charge is -2.25. The fourth-order valence-electron chi connectivity index (χ4n) is 2.14. The van der Waals surface area contributed by atoms with Gasteiger partial charge in [-0.2, -0.15) is 0 Å². The summed E-state index contributed by atoms with van der Waals surface area (Å²) in [5.74, 6) is 2.98. The molecule has 0 aliphatic rings. The number of esters is 1. The molecule has 7 heteroatoms. The third-order valence-corrected chi connectivity index (χ3v) is 3.27. The SMILES string of the molecule is COC(=O)c1ccccc1N(C(=O)C(=O)N(C)N)c1ccccc1. The van der Waals surface area contributed by atoms with Gasteiger partial charge in [-0.3, -0.25) is 19.5 Å². The van der Waals surface area contributed by atoms with Gasteiger partial charge in [-0.25, -0.2) is 10.6 Å². The summed E-state index contributed by atoms with van der Waals surface area (Å²) in [6.45, 7) is 0. The van der Waals surface area contributed by atoms with Gasteiger partial charge in [-0.1, -0.05) is 30.3 Å². The second-order valence-electron chi connectivity index (χ2n) is 4.90. The van der Waals surface area contributed by atoms with Gasteiger partial charge in [0.25, 0.3) is 0 Å². The molecule has 0 fully saturated rings. The summed E-state index contributed by atoms with van der Waals surface area (Å²) in [6, 6.07) is 14.9. The number of likely N-dealkylation sites (N-methyl/N-ethyl adjacent to an activating group) is 1. The second-order valence-corrected chi connectivity index (χ2v) is 4.90. The molecule has 2 aromatic carbocycles. The van der Waals surface area contributed by atoms with Crippen LogP contribution in [0.15, 0.2) is 54.6 Å². The smallest absolute Gasteiger partial charge is 0.339 e. The van der Waals surface area contributed by atoms with Crippen LogP contribution in [0.3, 0.4) is 0 Å². The maximum atomic E-state index is 12.7. The molecule has 0 aliphatic heterocycles. The number of carbonyl (C=O) groups excluding carboxylic acids is 3. The Morgan fingerprint density at radius 1 is 0.917 bits per heavy atom. The van der Waals surface area contributed by atoms with Crippen molar-refractivity contribution in [1.29, 1.82) is 0 Å². The van der Waals surface area contributed by atoms with Crippen LogP contribution in [-0.4, -0.2) is 37.0 Å². The molecule has 124 valence electrons. The summed E-state index contributed by atoms with van der Waals surface area (Å²) in [7, 11) is 2.52. The lowest BCUT2D eigenvalue weighted by atomic mass is 10.1. The van der Waals surface area contributed by atoms with Crippen molar-refractivity contribution in [3.8, 4) is 0 Å². The average Bonchev–Trinajstić information content (AvgIpc) is 2.61. The van der Waals surface area contributed by atoms with Crippen molar-refractivity contribution in [2.75, 3.05) is 19.1 Å². The molecule has 0 saturated heterocycles. The normalized spacial score (nSPS) is 9.96. The van der Waals surface area contributed by atoms with Crippen LogP contribution in [-0.2, 0) is 14.3 Å². The number of methoxy groups -OCH3 is 1. The monoisotopic (exact) mass is 327 g/mol. The van der Waals surface area contributed by atoms with Gasteiger partial charge in [0, 0.05) is 12.7 Å². The Hall–Kier alpha value is -3.19. The number of amides is 2. The van der Waals surface area contributed by atoms with Crippen LogP contribution in [0, 0.1) is 0 Å². The van der Waals surface area contributed by atoms with Crippen molar-refractivity contribution in [3.63, 3.8) is 0 Å². The Kier molecular flexibility index (Phi) is 5.28. The molecule has 0 unspecified atom stereocenters. The highest BCUT2D eigenvalue weighted by molar-refractivity contribution is 6.42. The largest absolute Gasteiger partial charge is 0.465 e. The van der Waals surface area contributed by atoms with Crippen LogP contribution in [0.2, 0.25) is 0 Å². The van der Waals surface area contributed by atoms with Crippen molar-refractivity contribution < 1.29 is 19.1 Å². The molecule has 7 nitrogen and oxygen atoms in total. The Morgan fingerprint density at radius 2 is 1.50 bits per heavy atom. The summed E-state index contributed by atoms with van der Waals surface area (Å²) in [6.07, 6.45) is 0. The van der Waals surface area contributed by atoms with E-state index in [0.717, 1.165) is 4.90 Å². The Balaban J connectivity index is 2.62. The van der Waals surface area contributed by atoms with Crippen molar-refractivity contribution in [2.45, 2.75) is 0 Å². The first-order valence-electron chi connectivity index (χ1n) is 7.06. The Bertz CT molecular complexity index is 759. The summed E-state index contributed by atoms with van der Waals surface area (Å²) in [5, 5.41) is 0.693. The minimum atomic E-state index is -0.918. The van der Waals surface area contributed by atoms with Crippen LogP contribution in [0.1, 0.15) is 10.4 Å². The summed E-state index contributed by atoms with van der Waals surface area (Å²) in [5.41, 5.74) is 0.814. The average molecular weight is 327 g/mol. The van der Waals surface area contributed by atoms with E-state index < -0.39 is 17.8 Å². The number of para-hydroxylation sites is 2. The van der Waals surface area contributed by atoms with E-state index in [2.05, 4.69) is 0 Å². The molecule has 0 saturated carbocycles. The van der Waals surface area contributed by atoms with Gasteiger partial charge < -0.3 is 4.74 Å². The number of carbonyl (C=O) groups is 3. The number of ether oxygens (including phenoxy) is 1. The first-order valence-corrected chi connectivity index (χ1v) is 7.06. The topological polar surface area (TPSA) is 92.9 Å². The standard InChI is InChI=1S/C17H17N3O4/c1-19(18)15(21)16(22)20(12-8-4-3-5-9-12)14-11-7-6-10-13(14)17(23)24-2/h3-11H,18H2,1-2H3. The van der Waals surface area contributed by atoms with E-state index in [-0.39, 0.29) is 11.3 Å². The maximum absolute atomic E-state index is 12.7. The third-order valence-electron chi connectivity index (χ3n) is 3.27. The molecule has 0 aliphatic carbocycles. The summed E-state index contributed by atoms with van der Waals surface area (Å²) in [4.78, 5) is 37.9. The minimum Gasteiger partial charge on any atom is -0.465 e. The summed E-state index contributed by atoms with van der Waals surface area (Å²) >= 11 is 0. The number of nitrogens with zero attached hydrogens (tertiary/aromatic N) is 2. The van der Waals surface area contributed by atoms with E-state index in [0.29, 0.717) is 10.7 Å². The quantitative estimate of drug-likeness (QED) is 0.303. The number of hydrogen-bond donors (Lipinski definition) is 1. The van der Waals surface area contributed by atoms with Crippen LogP contribution in [0.25, 0.3) is 0 Å². The van der Waals surface area contributed by atoms with E-state index >= 15 is 0 Å². The first kappa shape index (κ1) is 17.2. The molecule has 2 N–H and O–H groups in total. The van der Waals surface area contributed by atoms with Gasteiger partial charge in [-0.15, -0.1) is 0 Å². The molecule has 0 radical (unpaired) electrons. The fraction of sp³-hybridized carbons (Fsp3) is 0.118. The third kappa shape index (κ3) is 3.41. The van der Waals surface area contributed by atoms with E-state index in [4.69, 9.17) is 10.6 Å². The first-order chi connectivity index (χ1) is 11.5. The second kappa shape index (κ2) is 7.38. The van der Waals surface area contributed by atoms with Crippen molar-refractivity contribution in [3.05, 3.63) is 60.2 Å². The van der Waals surface area contributed by atoms with E-state index in [1.807, 2.05) is 0 Å². The number of hydrazine groups is 1. The predicted octanol–water partition coefficient (Wildman–Crippen LogP) is 1.47. The van der Waals surface area contributed by atoms with Crippen LogP contribution < -0.4 is 10.7 Å². The zero-order chi connectivity index (χ0) is 17.7. The number of benzene rings is 2. The molecule has 0 aromatic heterocycles. The maximum Gasteiger partial charge on any atom is 0.339 e. The molecular weight excluding hydrogens is 310 g/mol. The minimum absolute atomic E-state index is 0.157. The lowest BCUT2D eigenvalue weighted by molar-refractivity contribution is -0.143. The van der Waals surface area contributed by atoms with Crippen LogP contribution in [0.4, 0.5) is 11.4 Å². The summed E-state index contributed by atoms with van der Waals surface area (Å²) < 4.78 is 4.75. The number of rotatable bonds is 3. The van der Waals surface area contributed by atoms with E-state index in [9.17, 15) is 14.4 Å². The van der Waals surface area contributed by atoms with Gasteiger partial charge in [0.1, 0.15) is 0 Å². The fourth-order valence-corrected chi connectivity index (χ4v) is 2.14. The van der Waals surface area contributed by atoms with Gasteiger partial charge in [0.15, 0.2) is 0 Å². The lowest BCUT2D eigenvalue weighted by Crippen LogP contribution is -2.45. The van der Waals surface area contributed by atoms with E-state index in [1.165, 1.54) is 20.2 Å². The highest BCUT2D eigenvalue weighted by atomic mass is 16.5. The molecule has 0 spiro atoms. The molecule has 0 heterocycles. The van der Waals surface area contributed by atoms with Gasteiger partial charge >= 0.3 is 17.8 Å². The van der Waals surface area contributed by atoms with Gasteiger partial charge in [0.2, 0.25) is 0 Å². The Labute approximate surface area is 139 Å². The molecule has 0 bridgehead atoms. The number of nitrogens with two attached hydrogens (primary N) is 1. The van der Waals surface area contributed by atoms with Crippen LogP contribution >= 0.6 is 0 Å². The highest BCUT2D eigenvalue weighted by Crippen LogP contribution is 2.29. The van der Waals surface area contributed by atoms with Crippen LogP contribution in [0.5, 0.6) is 0 Å². The molecule has 2 amide bonds. The van der Waals surface area contributed by atoms with Crippen molar-refractivity contribution >= 4 is 29.2 Å². The van der Waals surface area contributed by atoms with Gasteiger partial charge in [-0.05, 0) is 24.3 Å². The zero-order valence-electron chi connectivity index (χ0n) is 13.3. The predicted molar refractivity (Wildman–Crippen MR) is 88.3 cm³/mol. The van der Waals surface area contributed by atoms with E-state index in [1.54, 1.807) is 48.5 Å². The van der Waals surface area contributed by atoms with Crippen molar-refractivity contribution in [2.24, 2.45) is 5.84 Å². The molecule has 2 rings (SSSR count). The Morgan fingerprint density at radius 3 is 2.08 bits per heavy atom. The molecule has 2 aromatic rings. The molecular formula is C17H17N3O4. The molecule has 24 heavy (non-hydrogen) atoms. The van der Waals surface area contributed by atoms with Gasteiger partial charge in [0.05, 0.1) is 18.4 Å². The van der Waals surface area contributed by atoms with Crippen molar-refractivity contribution in [1.82, 2.24) is 5.01 Å². The molecule has 0 atom stereocenters. The number of anilines is 2.